The zero-order valence-corrected chi connectivity index (χ0v) is 30.9. The Labute approximate surface area is 284 Å². The van der Waals surface area contributed by atoms with E-state index in [4.69, 9.17) is 0 Å². The monoisotopic (exact) mass is 655 g/mol. The third-order valence-corrected chi connectivity index (χ3v) is 15.0. The SMILES string of the molecule is Cc1cc(C)cc(P(c2cc(C)cc(C)c2)C2CN(C(=O)c3ccccc3)CC2P(c2cc(C)cc(C)c2)c2cc(C)cc(C)c2)c1. The molecule has 0 spiro atoms. The summed E-state index contributed by atoms with van der Waals surface area (Å²) in [5, 5.41) is 5.68. The molecule has 240 valence electrons. The third-order valence-electron chi connectivity index (χ3n) is 9.17. The van der Waals surface area contributed by atoms with Crippen LogP contribution in [0.15, 0.2) is 103 Å². The summed E-state index contributed by atoms with van der Waals surface area (Å²) in [5.74, 6) is 0.143. The van der Waals surface area contributed by atoms with Gasteiger partial charge in [-0.25, -0.2) is 0 Å². The van der Waals surface area contributed by atoms with Crippen molar-refractivity contribution in [1.29, 1.82) is 0 Å². The Hall–Kier alpha value is -3.57. The Balaban J connectivity index is 1.60. The molecule has 4 heteroatoms. The number of carbonyl (C=O) groups excluding carboxylic acids is 1. The number of hydrogen-bond acceptors (Lipinski definition) is 1. The van der Waals surface area contributed by atoms with Crippen molar-refractivity contribution >= 4 is 43.0 Å². The lowest BCUT2D eigenvalue weighted by Gasteiger charge is -2.35. The quantitative estimate of drug-likeness (QED) is 0.161. The molecule has 1 amide bonds. The minimum absolute atomic E-state index is 0.143. The van der Waals surface area contributed by atoms with Gasteiger partial charge in [-0.05, 0) is 105 Å². The number of nitrogens with zero attached hydrogens (tertiary/aromatic N) is 1. The van der Waals surface area contributed by atoms with Crippen molar-refractivity contribution in [1.82, 2.24) is 4.90 Å². The number of amides is 1. The molecule has 1 aliphatic rings. The molecule has 1 fully saturated rings. The Morgan fingerprint density at radius 1 is 0.468 bits per heavy atom. The highest BCUT2D eigenvalue weighted by atomic mass is 31.1. The van der Waals surface area contributed by atoms with Crippen LogP contribution >= 0.6 is 15.8 Å². The second-order valence-electron chi connectivity index (χ2n) is 13.8. The lowest BCUT2D eigenvalue weighted by atomic mass is 10.2. The van der Waals surface area contributed by atoms with Crippen LogP contribution in [0.5, 0.6) is 0 Å². The second kappa shape index (κ2) is 13.9. The van der Waals surface area contributed by atoms with Gasteiger partial charge in [0.25, 0.3) is 5.91 Å². The first-order valence-corrected chi connectivity index (χ1v) is 19.5. The molecule has 5 aromatic rings. The fourth-order valence-corrected chi connectivity index (χ4v) is 14.9. The minimum Gasteiger partial charge on any atom is -0.337 e. The molecule has 2 unspecified atom stereocenters. The van der Waals surface area contributed by atoms with E-state index in [1.165, 1.54) is 65.7 Å². The highest BCUT2D eigenvalue weighted by Gasteiger charge is 2.45. The number of hydrogen-bond donors (Lipinski definition) is 0. The lowest BCUT2D eigenvalue weighted by molar-refractivity contribution is 0.0793. The third kappa shape index (κ3) is 7.46. The summed E-state index contributed by atoms with van der Waals surface area (Å²) in [6.45, 7) is 19.3. The Morgan fingerprint density at radius 3 is 1.02 bits per heavy atom. The first kappa shape index (κ1) is 33.3. The van der Waals surface area contributed by atoms with E-state index in [1.807, 2.05) is 30.3 Å². The van der Waals surface area contributed by atoms with Crippen LogP contribution in [0.4, 0.5) is 0 Å². The van der Waals surface area contributed by atoms with E-state index in [9.17, 15) is 4.79 Å². The molecule has 0 saturated carbocycles. The largest absolute Gasteiger partial charge is 0.337 e. The average Bonchev–Trinajstić information content (AvgIpc) is 3.39. The van der Waals surface area contributed by atoms with Gasteiger partial charge in [-0.2, -0.15) is 0 Å². The topological polar surface area (TPSA) is 20.3 Å². The molecular formula is C43H47NOP2. The smallest absolute Gasteiger partial charge is 0.253 e. The summed E-state index contributed by atoms with van der Waals surface area (Å²) in [6, 6.07) is 38.4. The van der Waals surface area contributed by atoms with Crippen molar-refractivity contribution < 1.29 is 4.79 Å². The van der Waals surface area contributed by atoms with Crippen molar-refractivity contribution in [3.63, 3.8) is 0 Å². The van der Waals surface area contributed by atoms with E-state index in [1.54, 1.807) is 0 Å². The van der Waals surface area contributed by atoms with Gasteiger partial charge in [0.2, 0.25) is 0 Å². The molecule has 0 radical (unpaired) electrons. The van der Waals surface area contributed by atoms with Gasteiger partial charge in [0, 0.05) is 30.0 Å². The van der Waals surface area contributed by atoms with E-state index >= 15 is 0 Å². The van der Waals surface area contributed by atoms with Gasteiger partial charge in [-0.3, -0.25) is 4.79 Å². The average molecular weight is 656 g/mol. The first-order chi connectivity index (χ1) is 22.4. The summed E-state index contributed by atoms with van der Waals surface area (Å²) in [6.07, 6.45) is 0. The Bertz CT molecular complexity index is 1630. The molecule has 0 aliphatic carbocycles. The molecule has 0 N–H and O–H groups in total. The van der Waals surface area contributed by atoms with Crippen LogP contribution < -0.4 is 21.2 Å². The number of likely N-dealkylation sites (tertiary alicyclic amines) is 1. The molecular weight excluding hydrogens is 608 g/mol. The lowest BCUT2D eigenvalue weighted by Crippen LogP contribution is -2.35. The van der Waals surface area contributed by atoms with Crippen molar-refractivity contribution in [2.45, 2.75) is 66.7 Å². The Kier molecular flexibility index (Phi) is 9.85. The molecule has 1 saturated heterocycles. The van der Waals surface area contributed by atoms with Crippen molar-refractivity contribution in [3.05, 3.63) is 153 Å². The standard InChI is InChI=1S/C43H47NOP2/c1-28-14-29(2)19-37(18-28)46(38-20-30(3)15-31(4)21-38)41-26-44(43(45)36-12-10-9-11-13-36)27-42(41)47(39-22-32(5)16-33(6)23-39)40-24-34(7)17-35(8)25-40/h9-25,41-42H,26-27H2,1-8H3. The van der Waals surface area contributed by atoms with Crippen LogP contribution in [0.1, 0.15) is 54.9 Å². The number of benzene rings is 5. The predicted octanol–water partition coefficient (Wildman–Crippen LogP) is 8.61. The van der Waals surface area contributed by atoms with Crippen molar-refractivity contribution in [2.75, 3.05) is 13.1 Å². The number of rotatable bonds is 7. The van der Waals surface area contributed by atoms with Crippen molar-refractivity contribution in [2.24, 2.45) is 0 Å². The van der Waals surface area contributed by atoms with Gasteiger partial charge in [-0.1, -0.05) is 136 Å². The fourth-order valence-electron chi connectivity index (χ4n) is 7.63. The highest BCUT2D eigenvalue weighted by molar-refractivity contribution is 7.77. The summed E-state index contributed by atoms with van der Waals surface area (Å²) in [4.78, 5) is 16.5. The normalized spacial score (nSPS) is 16.3. The molecule has 5 aromatic carbocycles. The highest BCUT2D eigenvalue weighted by Crippen LogP contribution is 2.55. The maximum absolute atomic E-state index is 14.3. The molecule has 2 atom stereocenters. The minimum atomic E-state index is -0.798. The van der Waals surface area contributed by atoms with Crippen LogP contribution in [0.3, 0.4) is 0 Å². The first-order valence-electron chi connectivity index (χ1n) is 16.7. The zero-order valence-electron chi connectivity index (χ0n) is 29.1. The second-order valence-corrected chi connectivity index (χ2v) is 18.7. The maximum Gasteiger partial charge on any atom is 0.253 e. The molecule has 1 heterocycles. The molecule has 0 aromatic heterocycles. The summed E-state index contributed by atoms with van der Waals surface area (Å²) in [5.41, 5.74) is 11.7. The van der Waals surface area contributed by atoms with Gasteiger partial charge < -0.3 is 4.90 Å². The molecule has 1 aliphatic heterocycles. The van der Waals surface area contributed by atoms with E-state index in [0.29, 0.717) is 0 Å². The molecule has 0 bridgehead atoms. The summed E-state index contributed by atoms with van der Waals surface area (Å²) in [7, 11) is -1.60. The van der Waals surface area contributed by atoms with E-state index in [0.717, 1.165) is 18.7 Å². The van der Waals surface area contributed by atoms with Gasteiger partial charge in [0.1, 0.15) is 0 Å². The number of aryl methyl sites for hydroxylation is 8. The van der Waals surface area contributed by atoms with Crippen LogP contribution in [-0.4, -0.2) is 35.2 Å². The summed E-state index contributed by atoms with van der Waals surface area (Å²) < 4.78 is 0. The van der Waals surface area contributed by atoms with Gasteiger partial charge >= 0.3 is 0 Å². The van der Waals surface area contributed by atoms with E-state index in [-0.39, 0.29) is 17.2 Å². The Morgan fingerprint density at radius 2 is 0.745 bits per heavy atom. The van der Waals surface area contributed by atoms with Crippen LogP contribution in [0, 0.1) is 55.4 Å². The van der Waals surface area contributed by atoms with Crippen LogP contribution in [0.25, 0.3) is 0 Å². The van der Waals surface area contributed by atoms with Crippen molar-refractivity contribution in [3.8, 4) is 0 Å². The maximum atomic E-state index is 14.3. The molecule has 47 heavy (non-hydrogen) atoms. The summed E-state index contributed by atoms with van der Waals surface area (Å²) >= 11 is 0. The van der Waals surface area contributed by atoms with Gasteiger partial charge in [0.05, 0.1) is 0 Å². The van der Waals surface area contributed by atoms with E-state index < -0.39 is 15.8 Å². The van der Waals surface area contributed by atoms with Gasteiger partial charge in [-0.15, -0.1) is 0 Å². The van der Waals surface area contributed by atoms with E-state index in [2.05, 4.69) is 133 Å². The van der Waals surface area contributed by atoms with Gasteiger partial charge in [0.15, 0.2) is 0 Å². The fraction of sp³-hybridized carbons (Fsp3) is 0.279. The molecule has 6 rings (SSSR count). The number of carbonyl (C=O) groups is 1. The van der Waals surface area contributed by atoms with Crippen LogP contribution in [-0.2, 0) is 0 Å². The zero-order chi connectivity index (χ0) is 33.4. The molecule has 2 nitrogen and oxygen atoms in total. The van der Waals surface area contributed by atoms with Crippen LogP contribution in [0.2, 0.25) is 0 Å². The predicted molar refractivity (Wildman–Crippen MR) is 206 cm³/mol.